The quantitative estimate of drug-likeness (QED) is 0.919. The molecule has 1 amide bonds. The van der Waals surface area contributed by atoms with Crippen molar-refractivity contribution in [2.24, 2.45) is 5.92 Å². The summed E-state index contributed by atoms with van der Waals surface area (Å²) in [4.78, 5) is 15.7. The molecule has 0 aromatic carbocycles. The third kappa shape index (κ3) is 3.56. The van der Waals surface area contributed by atoms with E-state index < -0.39 is 0 Å². The van der Waals surface area contributed by atoms with E-state index in [9.17, 15) is 4.79 Å². The van der Waals surface area contributed by atoms with Crippen molar-refractivity contribution < 1.29 is 4.79 Å². The second kappa shape index (κ2) is 5.77. The summed E-state index contributed by atoms with van der Waals surface area (Å²) in [5.41, 5.74) is 0. The van der Waals surface area contributed by atoms with Crippen molar-refractivity contribution >= 4 is 38.3 Å². The second-order valence-corrected chi connectivity index (χ2v) is 6.62. The van der Waals surface area contributed by atoms with Gasteiger partial charge in [0.25, 0.3) is 0 Å². The van der Waals surface area contributed by atoms with Gasteiger partial charge in [0, 0.05) is 6.42 Å². The van der Waals surface area contributed by atoms with Crippen LogP contribution in [-0.2, 0) is 4.79 Å². The zero-order chi connectivity index (χ0) is 11.4. The van der Waals surface area contributed by atoms with Gasteiger partial charge in [0.1, 0.15) is 0 Å². The number of hydrogen-bond donors (Lipinski definition) is 1. The van der Waals surface area contributed by atoms with Crippen LogP contribution in [0.2, 0.25) is 0 Å². The molecular formula is C11H15BrN2OS. The maximum Gasteiger partial charge on any atom is 0.226 e. The summed E-state index contributed by atoms with van der Waals surface area (Å²) in [6.07, 6.45) is 8.64. The normalized spacial score (nSPS) is 16.6. The lowest BCUT2D eigenvalue weighted by atomic mass is 10.0. The SMILES string of the molecule is O=C(CCC1CCCC1)Nc1ncc(Br)s1. The van der Waals surface area contributed by atoms with Crippen LogP contribution in [-0.4, -0.2) is 10.9 Å². The Bertz CT molecular complexity index is 361. The Morgan fingerprint density at radius 1 is 1.56 bits per heavy atom. The van der Waals surface area contributed by atoms with E-state index in [-0.39, 0.29) is 5.91 Å². The van der Waals surface area contributed by atoms with Gasteiger partial charge in [-0.25, -0.2) is 4.98 Å². The Balaban J connectivity index is 1.71. The summed E-state index contributed by atoms with van der Waals surface area (Å²) in [5, 5.41) is 3.51. The minimum atomic E-state index is 0.0914. The van der Waals surface area contributed by atoms with Crippen molar-refractivity contribution in [2.45, 2.75) is 38.5 Å². The summed E-state index contributed by atoms with van der Waals surface area (Å²) in [6, 6.07) is 0. The van der Waals surface area contributed by atoms with E-state index in [2.05, 4.69) is 26.2 Å². The molecule has 16 heavy (non-hydrogen) atoms. The van der Waals surface area contributed by atoms with Gasteiger partial charge in [-0.2, -0.15) is 0 Å². The largest absolute Gasteiger partial charge is 0.302 e. The molecule has 0 spiro atoms. The van der Waals surface area contributed by atoms with E-state index in [0.29, 0.717) is 11.6 Å². The van der Waals surface area contributed by atoms with Gasteiger partial charge in [-0.05, 0) is 28.3 Å². The van der Waals surface area contributed by atoms with Crippen LogP contribution < -0.4 is 5.32 Å². The number of aromatic nitrogens is 1. The van der Waals surface area contributed by atoms with Crippen molar-refractivity contribution in [1.29, 1.82) is 0 Å². The Morgan fingerprint density at radius 3 is 2.94 bits per heavy atom. The highest BCUT2D eigenvalue weighted by Crippen LogP contribution is 2.29. The summed E-state index contributed by atoms with van der Waals surface area (Å²) < 4.78 is 0.943. The van der Waals surface area contributed by atoms with Crippen molar-refractivity contribution in [3.63, 3.8) is 0 Å². The first kappa shape index (κ1) is 12.0. The minimum absolute atomic E-state index is 0.0914. The summed E-state index contributed by atoms with van der Waals surface area (Å²) >= 11 is 4.77. The molecule has 0 unspecified atom stereocenters. The smallest absolute Gasteiger partial charge is 0.226 e. The van der Waals surface area contributed by atoms with Crippen molar-refractivity contribution in [3.05, 3.63) is 9.98 Å². The molecule has 0 aliphatic heterocycles. The molecule has 5 heteroatoms. The molecule has 1 aliphatic carbocycles. The molecule has 1 fully saturated rings. The molecule has 1 saturated carbocycles. The van der Waals surface area contributed by atoms with Crippen LogP contribution in [0, 0.1) is 5.92 Å². The molecule has 0 radical (unpaired) electrons. The Morgan fingerprint density at radius 2 is 2.31 bits per heavy atom. The summed E-state index contributed by atoms with van der Waals surface area (Å²) in [6.45, 7) is 0. The van der Waals surface area contributed by atoms with E-state index in [1.54, 1.807) is 6.20 Å². The predicted molar refractivity (Wildman–Crippen MR) is 69.6 cm³/mol. The number of rotatable bonds is 4. The first-order chi connectivity index (χ1) is 7.74. The van der Waals surface area contributed by atoms with Gasteiger partial charge in [-0.15, -0.1) is 0 Å². The lowest BCUT2D eigenvalue weighted by molar-refractivity contribution is -0.116. The third-order valence-electron chi connectivity index (χ3n) is 2.98. The number of carbonyl (C=O) groups is 1. The van der Waals surface area contributed by atoms with Crippen LogP contribution in [0.1, 0.15) is 38.5 Å². The standard InChI is InChI=1S/C11H15BrN2OS/c12-9-7-13-11(16-9)14-10(15)6-5-8-3-1-2-4-8/h7-8H,1-6H2,(H,13,14,15). The molecule has 1 aromatic heterocycles. The van der Waals surface area contributed by atoms with Gasteiger partial charge in [-0.3, -0.25) is 4.79 Å². The minimum Gasteiger partial charge on any atom is -0.302 e. The Hall–Kier alpha value is -0.420. The molecule has 0 saturated heterocycles. The number of amides is 1. The lowest BCUT2D eigenvalue weighted by Gasteiger charge is -2.07. The summed E-state index contributed by atoms with van der Waals surface area (Å²) in [7, 11) is 0. The number of halogens is 1. The number of carbonyl (C=O) groups excluding carboxylic acids is 1. The molecule has 88 valence electrons. The number of thiazole rings is 1. The number of nitrogens with one attached hydrogen (secondary N) is 1. The topological polar surface area (TPSA) is 42.0 Å². The summed E-state index contributed by atoms with van der Waals surface area (Å²) in [5.74, 6) is 0.863. The molecule has 0 bridgehead atoms. The highest BCUT2D eigenvalue weighted by atomic mass is 79.9. The molecule has 0 atom stereocenters. The van der Waals surface area contributed by atoms with Crippen LogP contribution in [0.25, 0.3) is 0 Å². The van der Waals surface area contributed by atoms with Gasteiger partial charge in [-0.1, -0.05) is 37.0 Å². The predicted octanol–water partition coefficient (Wildman–Crippen LogP) is 3.81. The fourth-order valence-corrected chi connectivity index (χ4v) is 3.25. The number of hydrogen-bond acceptors (Lipinski definition) is 3. The Labute approximate surface area is 108 Å². The van der Waals surface area contributed by atoms with Crippen LogP contribution >= 0.6 is 27.3 Å². The molecule has 3 nitrogen and oxygen atoms in total. The lowest BCUT2D eigenvalue weighted by Crippen LogP contribution is -2.12. The van der Waals surface area contributed by atoms with E-state index >= 15 is 0 Å². The van der Waals surface area contributed by atoms with Gasteiger partial charge < -0.3 is 5.32 Å². The fraction of sp³-hybridized carbons (Fsp3) is 0.636. The average Bonchev–Trinajstić information content (AvgIpc) is 2.87. The zero-order valence-corrected chi connectivity index (χ0v) is 11.4. The molecule has 1 N–H and O–H groups in total. The van der Waals surface area contributed by atoms with Crippen LogP contribution in [0.15, 0.2) is 9.98 Å². The van der Waals surface area contributed by atoms with Crippen molar-refractivity contribution in [1.82, 2.24) is 4.98 Å². The molecule has 2 rings (SSSR count). The first-order valence-corrected chi connectivity index (χ1v) is 7.26. The van der Waals surface area contributed by atoms with E-state index in [1.807, 2.05) is 0 Å². The average molecular weight is 303 g/mol. The number of anilines is 1. The van der Waals surface area contributed by atoms with Crippen molar-refractivity contribution in [2.75, 3.05) is 5.32 Å². The molecular weight excluding hydrogens is 288 g/mol. The van der Waals surface area contributed by atoms with Gasteiger partial charge in [0.05, 0.1) is 9.98 Å². The highest BCUT2D eigenvalue weighted by Gasteiger charge is 2.16. The highest BCUT2D eigenvalue weighted by molar-refractivity contribution is 9.11. The van der Waals surface area contributed by atoms with Crippen LogP contribution in [0.5, 0.6) is 0 Å². The number of nitrogens with zero attached hydrogens (tertiary/aromatic N) is 1. The maximum atomic E-state index is 11.6. The van der Waals surface area contributed by atoms with Crippen LogP contribution in [0.3, 0.4) is 0 Å². The van der Waals surface area contributed by atoms with Crippen molar-refractivity contribution in [3.8, 4) is 0 Å². The van der Waals surface area contributed by atoms with Gasteiger partial charge >= 0.3 is 0 Å². The van der Waals surface area contributed by atoms with E-state index in [1.165, 1.54) is 37.0 Å². The van der Waals surface area contributed by atoms with Gasteiger partial charge in [0.15, 0.2) is 5.13 Å². The molecule has 1 aromatic rings. The monoisotopic (exact) mass is 302 g/mol. The van der Waals surface area contributed by atoms with E-state index in [4.69, 9.17) is 0 Å². The van der Waals surface area contributed by atoms with Crippen LogP contribution in [0.4, 0.5) is 5.13 Å². The fourth-order valence-electron chi connectivity index (χ4n) is 2.13. The second-order valence-electron chi connectivity index (χ2n) is 4.21. The first-order valence-electron chi connectivity index (χ1n) is 5.65. The third-order valence-corrected chi connectivity index (χ3v) is 4.37. The maximum absolute atomic E-state index is 11.6. The Kier molecular flexibility index (Phi) is 4.35. The van der Waals surface area contributed by atoms with Gasteiger partial charge in [0.2, 0.25) is 5.91 Å². The zero-order valence-electron chi connectivity index (χ0n) is 9.04. The van der Waals surface area contributed by atoms with E-state index in [0.717, 1.165) is 16.1 Å². The molecule has 1 aliphatic rings. The molecule has 1 heterocycles.